The standard InChI is InChI=1S/C18H22FN3O/c1-20-10-7-15(13-20)14-21-8-4-9-22(12-11-21)18(23)16-5-2-3-6-17(16)19/h2-3,5-7,10,13H,4,8-9,11-12,14H2,1H3. The molecule has 2 heterocycles. The molecule has 0 radical (unpaired) electrons. The van der Waals surface area contributed by atoms with E-state index in [0.717, 1.165) is 26.1 Å². The minimum Gasteiger partial charge on any atom is -0.357 e. The number of amides is 1. The Morgan fingerprint density at radius 3 is 2.70 bits per heavy atom. The van der Waals surface area contributed by atoms with E-state index in [0.29, 0.717) is 13.1 Å². The Hall–Kier alpha value is -2.14. The Bertz CT molecular complexity index is 682. The summed E-state index contributed by atoms with van der Waals surface area (Å²) in [6, 6.07) is 8.33. The number of hydrogen-bond acceptors (Lipinski definition) is 2. The van der Waals surface area contributed by atoms with Crippen molar-refractivity contribution in [2.75, 3.05) is 26.2 Å². The van der Waals surface area contributed by atoms with E-state index in [-0.39, 0.29) is 11.5 Å². The number of aromatic nitrogens is 1. The van der Waals surface area contributed by atoms with Crippen molar-refractivity contribution in [1.29, 1.82) is 0 Å². The lowest BCUT2D eigenvalue weighted by atomic mass is 10.2. The van der Waals surface area contributed by atoms with Gasteiger partial charge in [0.2, 0.25) is 0 Å². The van der Waals surface area contributed by atoms with Crippen molar-refractivity contribution in [3.63, 3.8) is 0 Å². The molecule has 1 amide bonds. The molecule has 0 atom stereocenters. The number of hydrogen-bond donors (Lipinski definition) is 0. The first-order valence-electron chi connectivity index (χ1n) is 8.00. The number of carbonyl (C=O) groups is 1. The van der Waals surface area contributed by atoms with Crippen LogP contribution in [0.25, 0.3) is 0 Å². The molecular formula is C18H22FN3O. The maximum absolute atomic E-state index is 13.8. The molecule has 3 rings (SSSR count). The van der Waals surface area contributed by atoms with E-state index in [4.69, 9.17) is 0 Å². The zero-order valence-corrected chi connectivity index (χ0v) is 13.4. The van der Waals surface area contributed by atoms with Gasteiger partial charge in [-0.3, -0.25) is 9.69 Å². The van der Waals surface area contributed by atoms with Gasteiger partial charge in [-0.2, -0.15) is 0 Å². The van der Waals surface area contributed by atoms with Gasteiger partial charge in [0.05, 0.1) is 5.56 Å². The summed E-state index contributed by atoms with van der Waals surface area (Å²) >= 11 is 0. The van der Waals surface area contributed by atoms with Gasteiger partial charge in [-0.15, -0.1) is 0 Å². The molecule has 122 valence electrons. The third-order valence-electron chi connectivity index (χ3n) is 4.28. The summed E-state index contributed by atoms with van der Waals surface area (Å²) in [5.74, 6) is -0.646. The molecule has 1 aromatic heterocycles. The fourth-order valence-corrected chi connectivity index (χ4v) is 3.05. The third-order valence-corrected chi connectivity index (χ3v) is 4.28. The van der Waals surface area contributed by atoms with E-state index in [9.17, 15) is 9.18 Å². The molecule has 1 aromatic carbocycles. The Labute approximate surface area is 136 Å². The number of halogens is 1. The first kappa shape index (κ1) is 15.7. The Balaban J connectivity index is 1.62. The lowest BCUT2D eigenvalue weighted by Crippen LogP contribution is -2.35. The quantitative estimate of drug-likeness (QED) is 0.871. The van der Waals surface area contributed by atoms with Crippen LogP contribution in [0.5, 0.6) is 0 Å². The SMILES string of the molecule is Cn1ccc(CN2CCCN(C(=O)c3ccccc3F)CC2)c1. The van der Waals surface area contributed by atoms with Crippen molar-refractivity contribution in [3.8, 4) is 0 Å². The van der Waals surface area contributed by atoms with Gasteiger partial charge in [0.1, 0.15) is 5.82 Å². The first-order chi connectivity index (χ1) is 11.1. The molecule has 23 heavy (non-hydrogen) atoms. The topological polar surface area (TPSA) is 28.5 Å². The van der Waals surface area contributed by atoms with E-state index >= 15 is 0 Å². The number of benzene rings is 1. The van der Waals surface area contributed by atoms with Crippen LogP contribution in [0, 0.1) is 5.82 Å². The second-order valence-corrected chi connectivity index (χ2v) is 6.09. The van der Waals surface area contributed by atoms with Gasteiger partial charge in [-0.25, -0.2) is 4.39 Å². The molecule has 4 nitrogen and oxygen atoms in total. The maximum Gasteiger partial charge on any atom is 0.256 e. The Morgan fingerprint density at radius 2 is 1.96 bits per heavy atom. The van der Waals surface area contributed by atoms with Crippen LogP contribution in [0.15, 0.2) is 42.7 Å². The minimum atomic E-state index is -0.442. The highest BCUT2D eigenvalue weighted by atomic mass is 19.1. The summed E-state index contributed by atoms with van der Waals surface area (Å²) in [7, 11) is 2.01. The highest BCUT2D eigenvalue weighted by Gasteiger charge is 2.22. The molecule has 0 saturated carbocycles. The predicted octanol–water partition coefficient (Wildman–Crippen LogP) is 2.51. The van der Waals surface area contributed by atoms with Gasteiger partial charge in [0, 0.05) is 52.2 Å². The summed E-state index contributed by atoms with van der Waals surface area (Å²) in [5, 5.41) is 0. The van der Waals surface area contributed by atoms with Crippen LogP contribution >= 0.6 is 0 Å². The molecule has 0 N–H and O–H groups in total. The van der Waals surface area contributed by atoms with Gasteiger partial charge < -0.3 is 9.47 Å². The molecule has 0 bridgehead atoms. The maximum atomic E-state index is 13.8. The third kappa shape index (κ3) is 3.79. The van der Waals surface area contributed by atoms with Gasteiger partial charge in [0.25, 0.3) is 5.91 Å². The van der Waals surface area contributed by atoms with Crippen LogP contribution in [0.2, 0.25) is 0 Å². The molecule has 5 heteroatoms. The smallest absolute Gasteiger partial charge is 0.256 e. The fraction of sp³-hybridized carbons (Fsp3) is 0.389. The molecule has 0 aliphatic carbocycles. The van der Waals surface area contributed by atoms with E-state index < -0.39 is 5.82 Å². The number of rotatable bonds is 3. The summed E-state index contributed by atoms with van der Waals surface area (Å²) < 4.78 is 15.8. The molecule has 1 fully saturated rings. The van der Waals surface area contributed by atoms with Crippen molar-refractivity contribution in [2.24, 2.45) is 7.05 Å². The van der Waals surface area contributed by atoms with Crippen LogP contribution in [-0.2, 0) is 13.6 Å². The monoisotopic (exact) mass is 315 g/mol. The summed E-state index contributed by atoms with van der Waals surface area (Å²) in [6.45, 7) is 3.98. The highest BCUT2D eigenvalue weighted by molar-refractivity contribution is 5.94. The second kappa shape index (κ2) is 6.96. The van der Waals surface area contributed by atoms with Crippen molar-refractivity contribution >= 4 is 5.91 Å². The van der Waals surface area contributed by atoms with Crippen molar-refractivity contribution in [2.45, 2.75) is 13.0 Å². The molecule has 1 aliphatic heterocycles. The van der Waals surface area contributed by atoms with E-state index in [1.807, 2.05) is 17.8 Å². The zero-order valence-electron chi connectivity index (χ0n) is 13.4. The Kier molecular flexibility index (Phi) is 4.76. The van der Waals surface area contributed by atoms with Crippen molar-refractivity contribution < 1.29 is 9.18 Å². The average Bonchev–Trinajstić information content (AvgIpc) is 2.81. The number of nitrogens with zero attached hydrogens (tertiary/aromatic N) is 3. The van der Waals surface area contributed by atoms with Gasteiger partial charge in [0.15, 0.2) is 0 Å². The van der Waals surface area contributed by atoms with Crippen LogP contribution in [0.3, 0.4) is 0 Å². The minimum absolute atomic E-state index is 0.170. The highest BCUT2D eigenvalue weighted by Crippen LogP contribution is 2.14. The van der Waals surface area contributed by atoms with Gasteiger partial charge >= 0.3 is 0 Å². The molecule has 2 aromatic rings. The Morgan fingerprint density at radius 1 is 1.13 bits per heavy atom. The van der Waals surface area contributed by atoms with E-state index in [1.165, 1.54) is 11.6 Å². The molecule has 1 saturated heterocycles. The predicted molar refractivity (Wildman–Crippen MR) is 87.6 cm³/mol. The molecule has 1 aliphatic rings. The molecule has 0 unspecified atom stereocenters. The van der Waals surface area contributed by atoms with Crippen LogP contribution in [0.4, 0.5) is 4.39 Å². The van der Waals surface area contributed by atoms with E-state index in [2.05, 4.69) is 17.2 Å². The summed E-state index contributed by atoms with van der Waals surface area (Å²) in [6.07, 6.45) is 5.07. The number of aryl methyl sites for hydroxylation is 1. The summed E-state index contributed by atoms with van der Waals surface area (Å²) in [4.78, 5) is 16.6. The van der Waals surface area contributed by atoms with Crippen molar-refractivity contribution in [1.82, 2.24) is 14.4 Å². The average molecular weight is 315 g/mol. The van der Waals surface area contributed by atoms with Crippen LogP contribution in [-0.4, -0.2) is 46.5 Å². The van der Waals surface area contributed by atoms with Crippen molar-refractivity contribution in [3.05, 3.63) is 59.7 Å². The normalized spacial score (nSPS) is 16.3. The molecule has 0 spiro atoms. The molecular weight excluding hydrogens is 293 g/mol. The first-order valence-corrected chi connectivity index (χ1v) is 8.00. The number of carbonyl (C=O) groups excluding carboxylic acids is 1. The van der Waals surface area contributed by atoms with Gasteiger partial charge in [-0.1, -0.05) is 12.1 Å². The van der Waals surface area contributed by atoms with Crippen LogP contribution in [0.1, 0.15) is 22.3 Å². The van der Waals surface area contributed by atoms with Gasteiger partial charge in [-0.05, 0) is 30.2 Å². The summed E-state index contributed by atoms with van der Waals surface area (Å²) in [5.41, 5.74) is 1.45. The van der Waals surface area contributed by atoms with E-state index in [1.54, 1.807) is 23.1 Å². The lowest BCUT2D eigenvalue weighted by Gasteiger charge is -2.22. The lowest BCUT2D eigenvalue weighted by molar-refractivity contribution is 0.0756. The van der Waals surface area contributed by atoms with Crippen LogP contribution < -0.4 is 0 Å². The largest absolute Gasteiger partial charge is 0.357 e. The zero-order chi connectivity index (χ0) is 16.2. The fourth-order valence-electron chi connectivity index (χ4n) is 3.05. The second-order valence-electron chi connectivity index (χ2n) is 6.09.